The number of thiophene rings is 1. The number of aromatic nitrogens is 2. The van der Waals surface area contributed by atoms with Crippen LogP contribution in [0.25, 0.3) is 32.1 Å². The molecular weight excluding hydrogens is 512 g/mol. The number of benzene rings is 2. The summed E-state index contributed by atoms with van der Waals surface area (Å²) in [5.74, 6) is 0.0530. The van der Waals surface area contributed by atoms with Crippen LogP contribution in [0.1, 0.15) is 50.1 Å². The molecule has 1 atom stereocenters. The van der Waals surface area contributed by atoms with Crippen LogP contribution >= 0.6 is 22.9 Å². The zero-order valence-electron chi connectivity index (χ0n) is 20.7. The van der Waals surface area contributed by atoms with Gasteiger partial charge < -0.3 is 10.6 Å². The molecule has 0 saturated carbocycles. The summed E-state index contributed by atoms with van der Waals surface area (Å²) in [5, 5.41) is 11.1. The lowest BCUT2D eigenvalue weighted by Gasteiger charge is -2.30. The van der Waals surface area contributed by atoms with Crippen molar-refractivity contribution >= 4 is 54.7 Å². The fourth-order valence-corrected chi connectivity index (χ4v) is 6.53. The molecule has 2 aromatic carbocycles. The van der Waals surface area contributed by atoms with E-state index in [1.54, 1.807) is 0 Å². The summed E-state index contributed by atoms with van der Waals surface area (Å²) in [6.07, 6.45) is 5.66. The minimum Gasteiger partial charge on any atom is -0.389 e. The van der Waals surface area contributed by atoms with E-state index in [1.807, 2.05) is 13.0 Å². The summed E-state index contributed by atoms with van der Waals surface area (Å²) in [5.41, 5.74) is 7.52. The Bertz CT molecular complexity index is 1610. The van der Waals surface area contributed by atoms with E-state index in [0.29, 0.717) is 35.4 Å². The molecule has 0 amide bonds. The van der Waals surface area contributed by atoms with E-state index in [0.717, 1.165) is 42.7 Å². The van der Waals surface area contributed by atoms with E-state index < -0.39 is 11.6 Å². The molecule has 9 heteroatoms. The maximum Gasteiger partial charge on any atom is 0.158 e. The van der Waals surface area contributed by atoms with Crippen LogP contribution in [0.2, 0.25) is 5.02 Å². The number of nitrogens with two attached hydrogens (primary N) is 1. The quantitative estimate of drug-likeness (QED) is 0.257. The number of nitrogen functional groups attached to an aromatic ring is 1. The van der Waals surface area contributed by atoms with E-state index in [-0.39, 0.29) is 42.8 Å². The Balaban J connectivity index is 1.91. The maximum absolute atomic E-state index is 16.6. The number of halogens is 3. The first-order chi connectivity index (χ1) is 17.9. The van der Waals surface area contributed by atoms with Crippen LogP contribution in [0, 0.1) is 23.0 Å². The van der Waals surface area contributed by atoms with Gasteiger partial charge in [0.1, 0.15) is 34.0 Å². The summed E-state index contributed by atoms with van der Waals surface area (Å²) in [7, 11) is 0. The number of nitrogens with zero attached hydrogens (tertiary/aromatic N) is 4. The Morgan fingerprint density at radius 3 is 2.76 bits per heavy atom. The zero-order chi connectivity index (χ0) is 26.4. The van der Waals surface area contributed by atoms with Crippen molar-refractivity contribution in [2.75, 3.05) is 17.2 Å². The van der Waals surface area contributed by atoms with Crippen molar-refractivity contribution in [1.82, 2.24) is 9.97 Å². The number of aryl methyl sites for hydroxylation is 2. The molecule has 5 rings (SSSR count). The Labute approximate surface area is 223 Å². The molecule has 0 spiro atoms. The normalized spacial score (nSPS) is 15.2. The van der Waals surface area contributed by atoms with Crippen LogP contribution in [0.15, 0.2) is 24.8 Å². The van der Waals surface area contributed by atoms with Crippen molar-refractivity contribution in [3.63, 3.8) is 0 Å². The predicted molar refractivity (Wildman–Crippen MR) is 148 cm³/mol. The van der Waals surface area contributed by atoms with Gasteiger partial charge in [0.15, 0.2) is 5.82 Å². The molecule has 0 bridgehead atoms. The number of hydrogen-bond acceptors (Lipinski definition) is 6. The average molecular weight is 538 g/mol. The SMILES string of the molecule is C=CC1CCc2c(Cl)c(-c3ccc(F)c4sc(N)c(C#N)c34)c(F)c3nc(CC)nc(c23)N1CCCC. The molecule has 0 radical (unpaired) electrons. The first-order valence-electron chi connectivity index (χ1n) is 12.4. The van der Waals surface area contributed by atoms with Crippen LogP contribution in [-0.2, 0) is 12.8 Å². The molecule has 1 unspecified atom stereocenters. The highest BCUT2D eigenvalue weighted by Crippen LogP contribution is 2.48. The molecule has 37 heavy (non-hydrogen) atoms. The highest BCUT2D eigenvalue weighted by atomic mass is 35.5. The first kappa shape index (κ1) is 25.4. The van der Waals surface area contributed by atoms with E-state index >= 15 is 4.39 Å². The average Bonchev–Trinajstić information content (AvgIpc) is 3.15. The van der Waals surface area contributed by atoms with Gasteiger partial charge in [0.2, 0.25) is 0 Å². The largest absolute Gasteiger partial charge is 0.389 e. The third-order valence-corrected chi connectivity index (χ3v) is 8.50. The summed E-state index contributed by atoms with van der Waals surface area (Å²) in [6, 6.07) is 4.79. The van der Waals surface area contributed by atoms with Crippen LogP contribution < -0.4 is 10.6 Å². The van der Waals surface area contributed by atoms with Crippen LogP contribution in [-0.4, -0.2) is 22.6 Å². The number of fused-ring (bicyclic) bond motifs is 1. The Kier molecular flexibility index (Phi) is 6.78. The van der Waals surface area contributed by atoms with Crippen molar-refractivity contribution in [2.24, 2.45) is 0 Å². The van der Waals surface area contributed by atoms with E-state index in [9.17, 15) is 9.65 Å². The smallest absolute Gasteiger partial charge is 0.158 e. The fraction of sp³-hybridized carbons (Fsp3) is 0.321. The molecule has 1 aliphatic rings. The molecule has 190 valence electrons. The minimum atomic E-state index is -0.615. The second-order valence-electron chi connectivity index (χ2n) is 9.16. The molecule has 3 heterocycles. The van der Waals surface area contributed by atoms with Crippen LogP contribution in [0.5, 0.6) is 0 Å². The van der Waals surface area contributed by atoms with Gasteiger partial charge in [-0.15, -0.1) is 17.9 Å². The van der Waals surface area contributed by atoms with Gasteiger partial charge in [0, 0.05) is 30.0 Å². The van der Waals surface area contributed by atoms with Crippen molar-refractivity contribution in [2.45, 2.75) is 52.0 Å². The third kappa shape index (κ3) is 3.92. The molecule has 2 N–H and O–H groups in total. The lowest BCUT2D eigenvalue weighted by Crippen LogP contribution is -2.35. The van der Waals surface area contributed by atoms with Gasteiger partial charge in [-0.2, -0.15) is 5.26 Å². The number of hydrogen-bond donors (Lipinski definition) is 1. The van der Waals surface area contributed by atoms with Crippen molar-refractivity contribution in [3.8, 4) is 17.2 Å². The highest BCUT2D eigenvalue weighted by Gasteiger charge is 2.32. The van der Waals surface area contributed by atoms with Crippen molar-refractivity contribution in [3.05, 3.63) is 58.4 Å². The summed E-state index contributed by atoms with van der Waals surface area (Å²) in [6.45, 7) is 8.86. The molecule has 5 nitrogen and oxygen atoms in total. The van der Waals surface area contributed by atoms with E-state index in [1.165, 1.54) is 12.1 Å². The molecule has 0 aliphatic carbocycles. The first-order valence-corrected chi connectivity index (χ1v) is 13.6. The van der Waals surface area contributed by atoms with Crippen LogP contribution in [0.3, 0.4) is 0 Å². The summed E-state index contributed by atoms with van der Waals surface area (Å²) < 4.78 is 31.5. The topological polar surface area (TPSA) is 78.8 Å². The number of nitriles is 1. The Morgan fingerprint density at radius 1 is 1.30 bits per heavy atom. The van der Waals surface area contributed by atoms with Crippen LogP contribution in [0.4, 0.5) is 19.6 Å². The molecule has 2 aromatic heterocycles. The standard InChI is InChI=1S/C28H26ClF2N5S/c1-4-7-12-36-14(5-2)8-9-16-22-25(34-19(6-3)35-28(22)36)24(31)21(23(16)29)15-10-11-18(30)26-20(15)17(13-32)27(33)37-26/h5,10-11,14H,2,4,6-9,12,33H2,1,3H3. The number of rotatable bonds is 6. The summed E-state index contributed by atoms with van der Waals surface area (Å²) in [4.78, 5) is 11.7. The second-order valence-corrected chi connectivity index (χ2v) is 10.6. The van der Waals surface area contributed by atoms with Gasteiger partial charge in [-0.25, -0.2) is 18.7 Å². The molecule has 1 aliphatic heterocycles. The lowest BCUT2D eigenvalue weighted by atomic mass is 9.93. The maximum atomic E-state index is 16.6. The number of anilines is 2. The molecule has 0 saturated heterocycles. The zero-order valence-corrected chi connectivity index (χ0v) is 22.2. The summed E-state index contributed by atoms with van der Waals surface area (Å²) >= 11 is 7.99. The molecule has 4 aromatic rings. The van der Waals surface area contributed by atoms with Gasteiger partial charge in [-0.05, 0) is 36.5 Å². The van der Waals surface area contributed by atoms with E-state index in [4.69, 9.17) is 22.3 Å². The van der Waals surface area contributed by atoms with Gasteiger partial charge in [-0.3, -0.25) is 0 Å². The Morgan fingerprint density at radius 2 is 2.08 bits per heavy atom. The van der Waals surface area contributed by atoms with Gasteiger partial charge in [-0.1, -0.05) is 44.0 Å². The molecule has 0 fully saturated rings. The van der Waals surface area contributed by atoms with Gasteiger partial charge in [0.25, 0.3) is 0 Å². The monoisotopic (exact) mass is 537 g/mol. The van der Waals surface area contributed by atoms with Crippen molar-refractivity contribution < 1.29 is 8.78 Å². The van der Waals surface area contributed by atoms with E-state index in [2.05, 4.69) is 29.5 Å². The predicted octanol–water partition coefficient (Wildman–Crippen LogP) is 7.57. The van der Waals surface area contributed by atoms with Gasteiger partial charge in [0.05, 0.1) is 20.7 Å². The molecular formula is C28H26ClF2N5S. The van der Waals surface area contributed by atoms with Crippen molar-refractivity contribution in [1.29, 1.82) is 5.26 Å². The Hall–Kier alpha value is -3.28. The number of unbranched alkanes of at least 4 members (excludes halogenated alkanes) is 1. The van der Waals surface area contributed by atoms with Gasteiger partial charge >= 0.3 is 0 Å². The minimum absolute atomic E-state index is 0.00345. The fourth-order valence-electron chi connectivity index (χ4n) is 5.20. The highest BCUT2D eigenvalue weighted by molar-refractivity contribution is 7.23. The second kappa shape index (κ2) is 9.88. The lowest BCUT2D eigenvalue weighted by molar-refractivity contribution is 0.614. The third-order valence-electron chi connectivity index (χ3n) is 7.05.